The van der Waals surface area contributed by atoms with Gasteiger partial charge in [-0.2, -0.15) is 0 Å². The number of hydrogen-bond acceptors (Lipinski definition) is 2. The van der Waals surface area contributed by atoms with Crippen molar-refractivity contribution in [1.82, 2.24) is 10.2 Å². The maximum Gasteiger partial charge on any atom is 0.253 e. The first-order chi connectivity index (χ1) is 10.6. The molecule has 0 spiro atoms. The molecule has 1 heterocycles. The van der Waals surface area contributed by atoms with Crippen LogP contribution in [0.1, 0.15) is 48.5 Å². The molecule has 1 N–H and O–H groups in total. The number of rotatable bonds is 5. The van der Waals surface area contributed by atoms with Crippen molar-refractivity contribution in [3.05, 3.63) is 35.4 Å². The van der Waals surface area contributed by atoms with E-state index in [0.29, 0.717) is 12.3 Å². The van der Waals surface area contributed by atoms with Crippen LogP contribution in [-0.2, 0) is 4.79 Å². The number of benzene rings is 1. The summed E-state index contributed by atoms with van der Waals surface area (Å²) in [4.78, 5) is 25.6. The molecule has 1 aliphatic rings. The first kappa shape index (κ1) is 16.5. The molecule has 2 amide bonds. The third-order valence-electron chi connectivity index (χ3n) is 4.40. The summed E-state index contributed by atoms with van der Waals surface area (Å²) in [5.74, 6) is 0.865. The summed E-state index contributed by atoms with van der Waals surface area (Å²) in [5.41, 5.74) is 1.95. The summed E-state index contributed by atoms with van der Waals surface area (Å²) < 4.78 is 0. The highest BCUT2D eigenvalue weighted by Gasteiger charge is 2.23. The highest BCUT2D eigenvalue weighted by molar-refractivity contribution is 5.94. The number of hydrogen-bond donors (Lipinski definition) is 1. The standard InChI is InChI=1S/C18H26N2O2/c1-3-17(21)19-11-8-15-9-12-20(13-10-15)18(22)16-6-4-14(2)5-7-16/h4-7,15H,3,8-13H2,1-2H3,(H,19,21). The summed E-state index contributed by atoms with van der Waals surface area (Å²) in [7, 11) is 0. The number of nitrogens with one attached hydrogen (secondary N) is 1. The van der Waals surface area contributed by atoms with E-state index in [1.165, 1.54) is 5.56 Å². The minimum Gasteiger partial charge on any atom is -0.356 e. The SMILES string of the molecule is CCC(=O)NCCC1CCN(C(=O)c2ccc(C)cc2)CC1. The second kappa shape index (κ2) is 7.97. The van der Waals surface area contributed by atoms with Crippen LogP contribution >= 0.6 is 0 Å². The van der Waals surface area contributed by atoms with Gasteiger partial charge in [0.15, 0.2) is 0 Å². The highest BCUT2D eigenvalue weighted by Crippen LogP contribution is 2.21. The molecule has 4 nitrogen and oxygen atoms in total. The van der Waals surface area contributed by atoms with Gasteiger partial charge in [0.1, 0.15) is 0 Å². The van der Waals surface area contributed by atoms with Gasteiger partial charge in [-0.05, 0) is 44.2 Å². The van der Waals surface area contributed by atoms with Crippen LogP contribution in [-0.4, -0.2) is 36.3 Å². The fourth-order valence-corrected chi connectivity index (χ4v) is 2.84. The minimum absolute atomic E-state index is 0.118. The summed E-state index contributed by atoms with van der Waals surface area (Å²) in [6.45, 7) is 6.28. The fraction of sp³-hybridized carbons (Fsp3) is 0.556. The number of carbonyl (C=O) groups is 2. The maximum atomic E-state index is 12.4. The second-order valence-corrected chi connectivity index (χ2v) is 6.09. The van der Waals surface area contributed by atoms with Crippen molar-refractivity contribution in [1.29, 1.82) is 0 Å². The van der Waals surface area contributed by atoms with E-state index >= 15 is 0 Å². The predicted molar refractivity (Wildman–Crippen MR) is 87.7 cm³/mol. The molecule has 0 aromatic heterocycles. The van der Waals surface area contributed by atoms with Crippen LogP contribution in [0.15, 0.2) is 24.3 Å². The van der Waals surface area contributed by atoms with Crippen molar-refractivity contribution in [2.75, 3.05) is 19.6 Å². The van der Waals surface area contributed by atoms with Crippen LogP contribution in [0, 0.1) is 12.8 Å². The second-order valence-electron chi connectivity index (χ2n) is 6.09. The number of aryl methyl sites for hydroxylation is 1. The quantitative estimate of drug-likeness (QED) is 0.909. The van der Waals surface area contributed by atoms with Crippen LogP contribution in [0.25, 0.3) is 0 Å². The molecule has 1 fully saturated rings. The Morgan fingerprint density at radius 3 is 2.41 bits per heavy atom. The Bertz CT molecular complexity index is 502. The summed E-state index contributed by atoms with van der Waals surface area (Å²) in [6, 6.07) is 7.78. The van der Waals surface area contributed by atoms with Crippen molar-refractivity contribution >= 4 is 11.8 Å². The molecule has 1 aromatic rings. The molecular weight excluding hydrogens is 276 g/mol. The first-order valence-corrected chi connectivity index (χ1v) is 8.22. The molecule has 1 aliphatic heterocycles. The first-order valence-electron chi connectivity index (χ1n) is 8.22. The molecule has 4 heteroatoms. The minimum atomic E-state index is 0.118. The summed E-state index contributed by atoms with van der Waals surface area (Å²) >= 11 is 0. The third-order valence-corrected chi connectivity index (χ3v) is 4.40. The van der Waals surface area contributed by atoms with Gasteiger partial charge in [-0.3, -0.25) is 9.59 Å². The molecular formula is C18H26N2O2. The Balaban J connectivity index is 1.75. The number of likely N-dealkylation sites (tertiary alicyclic amines) is 1. The van der Waals surface area contributed by atoms with E-state index in [4.69, 9.17) is 0 Å². The van der Waals surface area contributed by atoms with Gasteiger partial charge < -0.3 is 10.2 Å². The Hall–Kier alpha value is -1.84. The van der Waals surface area contributed by atoms with Crippen LogP contribution in [0.5, 0.6) is 0 Å². The molecule has 0 atom stereocenters. The van der Waals surface area contributed by atoms with Crippen molar-refractivity contribution in [2.45, 2.75) is 39.5 Å². The molecule has 0 saturated carbocycles. The normalized spacial score (nSPS) is 15.6. The van der Waals surface area contributed by atoms with Crippen LogP contribution in [0.3, 0.4) is 0 Å². The lowest BCUT2D eigenvalue weighted by molar-refractivity contribution is -0.120. The zero-order valence-electron chi connectivity index (χ0n) is 13.6. The number of carbonyl (C=O) groups excluding carboxylic acids is 2. The Morgan fingerprint density at radius 2 is 1.82 bits per heavy atom. The molecule has 0 radical (unpaired) electrons. The molecule has 0 aliphatic carbocycles. The van der Waals surface area contributed by atoms with Crippen LogP contribution in [0.4, 0.5) is 0 Å². The zero-order chi connectivity index (χ0) is 15.9. The number of amides is 2. The maximum absolute atomic E-state index is 12.4. The molecule has 2 rings (SSSR count). The molecule has 1 aromatic carbocycles. The molecule has 120 valence electrons. The average molecular weight is 302 g/mol. The fourth-order valence-electron chi connectivity index (χ4n) is 2.84. The Morgan fingerprint density at radius 1 is 1.18 bits per heavy atom. The van der Waals surface area contributed by atoms with Crippen molar-refractivity contribution in [3.8, 4) is 0 Å². The van der Waals surface area contributed by atoms with Crippen LogP contribution < -0.4 is 5.32 Å². The largest absolute Gasteiger partial charge is 0.356 e. The Kier molecular flexibility index (Phi) is 5.99. The highest BCUT2D eigenvalue weighted by atomic mass is 16.2. The molecule has 0 unspecified atom stereocenters. The van der Waals surface area contributed by atoms with E-state index in [1.807, 2.05) is 43.0 Å². The van der Waals surface area contributed by atoms with Gasteiger partial charge in [-0.1, -0.05) is 24.6 Å². The van der Waals surface area contributed by atoms with Crippen molar-refractivity contribution in [3.63, 3.8) is 0 Å². The Labute approximate surface area is 132 Å². The molecule has 1 saturated heterocycles. The van der Waals surface area contributed by atoms with E-state index in [-0.39, 0.29) is 11.8 Å². The van der Waals surface area contributed by atoms with Gasteiger partial charge >= 0.3 is 0 Å². The lowest BCUT2D eigenvalue weighted by atomic mass is 9.93. The van der Waals surface area contributed by atoms with Gasteiger partial charge in [-0.25, -0.2) is 0 Å². The van der Waals surface area contributed by atoms with Gasteiger partial charge in [0.25, 0.3) is 5.91 Å². The average Bonchev–Trinajstić information content (AvgIpc) is 2.55. The van der Waals surface area contributed by atoms with E-state index in [1.54, 1.807) is 0 Å². The lowest BCUT2D eigenvalue weighted by Gasteiger charge is -2.32. The van der Waals surface area contributed by atoms with Crippen molar-refractivity contribution in [2.24, 2.45) is 5.92 Å². The lowest BCUT2D eigenvalue weighted by Crippen LogP contribution is -2.39. The number of nitrogens with zero attached hydrogens (tertiary/aromatic N) is 1. The van der Waals surface area contributed by atoms with E-state index < -0.39 is 0 Å². The van der Waals surface area contributed by atoms with Crippen LogP contribution in [0.2, 0.25) is 0 Å². The summed E-state index contributed by atoms with van der Waals surface area (Å²) in [5, 5.41) is 2.93. The smallest absolute Gasteiger partial charge is 0.253 e. The zero-order valence-corrected chi connectivity index (χ0v) is 13.6. The van der Waals surface area contributed by atoms with E-state index in [9.17, 15) is 9.59 Å². The van der Waals surface area contributed by atoms with Crippen molar-refractivity contribution < 1.29 is 9.59 Å². The topological polar surface area (TPSA) is 49.4 Å². The third kappa shape index (κ3) is 4.58. The van der Waals surface area contributed by atoms with Gasteiger partial charge in [0.05, 0.1) is 0 Å². The van der Waals surface area contributed by atoms with Gasteiger partial charge in [-0.15, -0.1) is 0 Å². The van der Waals surface area contributed by atoms with Gasteiger partial charge in [0.2, 0.25) is 5.91 Å². The van der Waals surface area contributed by atoms with E-state index in [2.05, 4.69) is 5.32 Å². The molecule has 22 heavy (non-hydrogen) atoms. The monoisotopic (exact) mass is 302 g/mol. The number of piperidine rings is 1. The molecule has 0 bridgehead atoms. The predicted octanol–water partition coefficient (Wildman–Crippen LogP) is 2.76. The van der Waals surface area contributed by atoms with E-state index in [0.717, 1.165) is 44.5 Å². The van der Waals surface area contributed by atoms with Gasteiger partial charge in [0, 0.05) is 31.6 Å². The summed E-state index contributed by atoms with van der Waals surface area (Å²) in [6.07, 6.45) is 3.61.